The Labute approximate surface area is 182 Å². The molecule has 0 unspecified atom stereocenters. The number of ether oxygens (including phenoxy) is 2. The molecule has 9 heteroatoms. The third-order valence-electron chi connectivity index (χ3n) is 6.01. The number of hydrogen-bond donors (Lipinski definition) is 0. The van der Waals surface area contributed by atoms with Crippen molar-refractivity contribution >= 4 is 15.9 Å². The second-order valence-corrected chi connectivity index (χ2v) is 10.9. The summed E-state index contributed by atoms with van der Waals surface area (Å²) in [4.78, 5) is 12.9. The fourth-order valence-electron chi connectivity index (χ4n) is 4.36. The first-order chi connectivity index (χ1) is 14.6. The van der Waals surface area contributed by atoms with Crippen molar-refractivity contribution in [2.45, 2.75) is 45.6 Å². The molecular formula is C22H31F2NO5S. The molecule has 0 N–H and O–H groups in total. The quantitative estimate of drug-likeness (QED) is 0.567. The van der Waals surface area contributed by atoms with E-state index in [-0.39, 0.29) is 25.2 Å². The predicted octanol–water partition coefficient (Wildman–Crippen LogP) is 4.31. The van der Waals surface area contributed by atoms with Gasteiger partial charge in [-0.2, -0.15) is 0 Å². The first-order valence-corrected chi connectivity index (χ1v) is 12.6. The molecule has 0 spiro atoms. The number of allylic oxidation sites excluding steroid dienone is 3. The molecule has 0 aromatic rings. The molecule has 3 aliphatic rings. The van der Waals surface area contributed by atoms with Crippen LogP contribution in [0, 0.1) is 17.8 Å². The summed E-state index contributed by atoms with van der Waals surface area (Å²) in [7, 11) is -3.98. The first-order valence-electron chi connectivity index (χ1n) is 10.7. The molecule has 1 aliphatic heterocycles. The van der Waals surface area contributed by atoms with E-state index in [4.69, 9.17) is 9.47 Å². The van der Waals surface area contributed by atoms with Crippen LogP contribution in [0.5, 0.6) is 0 Å². The third-order valence-corrected chi connectivity index (χ3v) is 7.17. The van der Waals surface area contributed by atoms with E-state index in [1.54, 1.807) is 4.90 Å². The topological polar surface area (TPSA) is 72.9 Å². The second kappa shape index (κ2) is 9.81. The van der Waals surface area contributed by atoms with Crippen molar-refractivity contribution in [1.29, 1.82) is 0 Å². The van der Waals surface area contributed by atoms with E-state index in [9.17, 15) is 22.0 Å². The van der Waals surface area contributed by atoms with Gasteiger partial charge in [0.15, 0.2) is 9.84 Å². The molecule has 174 valence electrons. The summed E-state index contributed by atoms with van der Waals surface area (Å²) in [6, 6.07) is 0. The molecule has 0 aromatic heterocycles. The number of carbonyl (C=O) groups is 1. The Morgan fingerprint density at radius 1 is 1.26 bits per heavy atom. The standard InChI is InChI=1S/C22H31F2NO5S/c1-14(2)30-22(26)25-8-6-16(7-9-25)18-11-17(18)13-29-12-15-4-5-19(23)21(20(24)10-15)31(3,27)28/h4,10,14,16-18H,5-9,11-13H2,1-3H3/t17-,18+/m0/s1. The van der Waals surface area contributed by atoms with Crippen LogP contribution < -0.4 is 0 Å². The van der Waals surface area contributed by atoms with Crippen molar-refractivity contribution < 1.29 is 31.5 Å². The summed E-state index contributed by atoms with van der Waals surface area (Å²) in [6.07, 6.45) is 5.63. The van der Waals surface area contributed by atoms with Gasteiger partial charge in [0.25, 0.3) is 0 Å². The number of amides is 1. The summed E-state index contributed by atoms with van der Waals surface area (Å²) in [5.41, 5.74) is 0.431. The minimum atomic E-state index is -3.98. The van der Waals surface area contributed by atoms with E-state index in [2.05, 4.69) is 0 Å². The van der Waals surface area contributed by atoms with Crippen molar-refractivity contribution in [3.8, 4) is 0 Å². The largest absolute Gasteiger partial charge is 0.447 e. The van der Waals surface area contributed by atoms with Gasteiger partial charge in [0.1, 0.15) is 16.6 Å². The van der Waals surface area contributed by atoms with Gasteiger partial charge in [0.05, 0.1) is 19.3 Å². The van der Waals surface area contributed by atoms with E-state index in [1.165, 1.54) is 6.08 Å². The Hall–Kier alpha value is -1.74. The lowest BCUT2D eigenvalue weighted by Gasteiger charge is -2.32. The van der Waals surface area contributed by atoms with Gasteiger partial charge in [0, 0.05) is 25.8 Å². The van der Waals surface area contributed by atoms with Crippen LogP contribution in [-0.2, 0) is 19.3 Å². The Kier molecular flexibility index (Phi) is 7.57. The maximum absolute atomic E-state index is 14.2. The minimum Gasteiger partial charge on any atom is -0.447 e. The fourth-order valence-corrected chi connectivity index (χ4v) is 5.26. The lowest BCUT2D eigenvalue weighted by molar-refractivity contribution is 0.0623. The number of rotatable bonds is 7. The number of hydrogen-bond acceptors (Lipinski definition) is 5. The summed E-state index contributed by atoms with van der Waals surface area (Å²) >= 11 is 0. The van der Waals surface area contributed by atoms with Crippen LogP contribution in [-0.4, -0.2) is 58.1 Å². The van der Waals surface area contributed by atoms with Crippen molar-refractivity contribution in [3.05, 3.63) is 34.3 Å². The molecule has 31 heavy (non-hydrogen) atoms. The average molecular weight is 460 g/mol. The molecule has 2 aliphatic carbocycles. The molecule has 6 nitrogen and oxygen atoms in total. The van der Waals surface area contributed by atoms with E-state index < -0.39 is 26.4 Å². The van der Waals surface area contributed by atoms with Gasteiger partial charge < -0.3 is 14.4 Å². The summed E-state index contributed by atoms with van der Waals surface area (Å²) in [5, 5.41) is 0. The number of halogens is 2. The zero-order chi connectivity index (χ0) is 22.8. The highest BCUT2D eigenvalue weighted by Gasteiger charge is 2.44. The summed E-state index contributed by atoms with van der Waals surface area (Å²) < 4.78 is 62.4. The fraction of sp³-hybridized carbons (Fsp3) is 0.682. The lowest BCUT2D eigenvalue weighted by Crippen LogP contribution is -2.40. The molecule has 1 saturated heterocycles. The lowest BCUT2D eigenvalue weighted by atomic mass is 9.91. The third kappa shape index (κ3) is 6.38. The van der Waals surface area contributed by atoms with E-state index >= 15 is 0 Å². The van der Waals surface area contributed by atoms with Gasteiger partial charge in [-0.15, -0.1) is 0 Å². The van der Waals surface area contributed by atoms with Crippen LogP contribution >= 0.6 is 0 Å². The molecule has 0 radical (unpaired) electrons. The van der Waals surface area contributed by atoms with Crippen LogP contribution in [0.25, 0.3) is 0 Å². The summed E-state index contributed by atoms with van der Waals surface area (Å²) in [6.45, 7) is 5.73. The molecule has 0 aromatic carbocycles. The zero-order valence-corrected chi connectivity index (χ0v) is 19.1. The van der Waals surface area contributed by atoms with Gasteiger partial charge >= 0.3 is 6.09 Å². The molecule has 1 amide bonds. The number of sulfone groups is 1. The Bertz CT molecular complexity index is 886. The van der Waals surface area contributed by atoms with Crippen LogP contribution in [0.2, 0.25) is 0 Å². The number of carbonyl (C=O) groups excluding carboxylic acids is 1. The van der Waals surface area contributed by atoms with E-state index in [0.717, 1.165) is 31.6 Å². The van der Waals surface area contributed by atoms with Crippen molar-refractivity contribution in [1.82, 2.24) is 4.90 Å². The maximum Gasteiger partial charge on any atom is 0.410 e. The number of piperidine rings is 1. The summed E-state index contributed by atoms with van der Waals surface area (Å²) in [5.74, 6) is -0.520. The minimum absolute atomic E-state index is 0.112. The van der Waals surface area contributed by atoms with Gasteiger partial charge in [-0.05, 0) is 62.5 Å². The monoisotopic (exact) mass is 459 g/mol. The van der Waals surface area contributed by atoms with Crippen LogP contribution in [0.3, 0.4) is 0 Å². The highest BCUT2D eigenvalue weighted by molar-refractivity contribution is 7.94. The first kappa shape index (κ1) is 23.9. The van der Waals surface area contributed by atoms with E-state index in [1.807, 2.05) is 13.8 Å². The van der Waals surface area contributed by atoms with Crippen LogP contribution in [0.1, 0.15) is 39.5 Å². The molecule has 1 heterocycles. The van der Waals surface area contributed by atoms with Gasteiger partial charge in [-0.1, -0.05) is 6.08 Å². The molecule has 0 bridgehead atoms. The second-order valence-electron chi connectivity index (χ2n) is 8.91. The van der Waals surface area contributed by atoms with Gasteiger partial charge in [-0.3, -0.25) is 0 Å². The van der Waals surface area contributed by atoms with Crippen molar-refractivity contribution in [2.75, 3.05) is 32.6 Å². The zero-order valence-electron chi connectivity index (χ0n) is 18.3. The highest BCUT2D eigenvalue weighted by Crippen LogP contribution is 2.48. The maximum atomic E-state index is 14.2. The molecule has 3 rings (SSSR count). The van der Waals surface area contributed by atoms with Gasteiger partial charge in [-0.25, -0.2) is 22.0 Å². The Balaban J connectivity index is 1.41. The smallest absolute Gasteiger partial charge is 0.410 e. The molecular weight excluding hydrogens is 428 g/mol. The highest BCUT2D eigenvalue weighted by atomic mass is 32.2. The SMILES string of the molecule is CC(C)OC(=O)N1CCC([C@H]2C[C@H]2COCC2=CCC(F)=C(S(C)(=O)=O)C(F)=C2)CC1. The van der Waals surface area contributed by atoms with Crippen molar-refractivity contribution in [3.63, 3.8) is 0 Å². The average Bonchev–Trinajstić information content (AvgIpc) is 3.45. The predicted molar refractivity (Wildman–Crippen MR) is 113 cm³/mol. The van der Waals surface area contributed by atoms with Gasteiger partial charge in [0.2, 0.25) is 0 Å². The number of likely N-dealkylation sites (tertiary alicyclic amines) is 1. The molecule has 2 atom stereocenters. The normalized spacial score (nSPS) is 25.3. The molecule has 2 fully saturated rings. The molecule has 1 saturated carbocycles. The van der Waals surface area contributed by atoms with E-state index in [0.29, 0.717) is 43.0 Å². The Morgan fingerprint density at radius 2 is 1.94 bits per heavy atom. The van der Waals surface area contributed by atoms with Crippen LogP contribution in [0.15, 0.2) is 34.3 Å². The van der Waals surface area contributed by atoms with Crippen LogP contribution in [0.4, 0.5) is 13.6 Å². The Morgan fingerprint density at radius 3 is 2.55 bits per heavy atom. The number of nitrogens with zero attached hydrogens (tertiary/aromatic N) is 1. The van der Waals surface area contributed by atoms with Crippen molar-refractivity contribution in [2.24, 2.45) is 17.8 Å².